The fourth-order valence-corrected chi connectivity index (χ4v) is 3.39. The maximum absolute atomic E-state index is 12.6. The lowest BCUT2D eigenvalue weighted by atomic mass is 10.2. The van der Waals surface area contributed by atoms with Gasteiger partial charge in [-0.25, -0.2) is 4.98 Å². The lowest BCUT2D eigenvalue weighted by Gasteiger charge is -2.07. The van der Waals surface area contributed by atoms with Crippen LogP contribution in [-0.2, 0) is 0 Å². The number of aromatic nitrogens is 2. The Bertz CT molecular complexity index is 1050. The number of furan rings is 1. The molecule has 0 saturated carbocycles. The van der Waals surface area contributed by atoms with Crippen LogP contribution in [0.15, 0.2) is 47.5 Å². The maximum Gasteiger partial charge on any atom is 0.433 e. The summed E-state index contributed by atoms with van der Waals surface area (Å²) in [6.07, 6.45) is 1.22. The summed E-state index contributed by atoms with van der Waals surface area (Å²) in [5.41, 5.74) is 0.164. The summed E-state index contributed by atoms with van der Waals surface area (Å²) in [4.78, 5) is 26.9. The third kappa shape index (κ3) is 3.02. The van der Waals surface area contributed by atoms with Crippen molar-refractivity contribution in [3.63, 3.8) is 0 Å². The Balaban J connectivity index is 2.10. The summed E-state index contributed by atoms with van der Waals surface area (Å²) >= 11 is 6.70. The van der Waals surface area contributed by atoms with Gasteiger partial charge in [0.15, 0.2) is 5.76 Å². The average molecular weight is 456 g/mol. The molecule has 0 aliphatic heterocycles. The van der Waals surface area contributed by atoms with Gasteiger partial charge in [0, 0.05) is 8.95 Å². The van der Waals surface area contributed by atoms with Crippen molar-refractivity contribution < 1.29 is 9.34 Å². The number of fused-ring (bicyclic) bond motifs is 1. The molecule has 0 spiro atoms. The summed E-state index contributed by atoms with van der Waals surface area (Å²) in [6.45, 7) is 1.64. The molecule has 0 atom stereocenters. The van der Waals surface area contributed by atoms with Crippen LogP contribution in [-0.4, -0.2) is 20.8 Å². The van der Waals surface area contributed by atoms with Gasteiger partial charge < -0.3 is 4.42 Å². The summed E-state index contributed by atoms with van der Waals surface area (Å²) in [5, 5.41) is 15.0. The predicted octanol–water partition coefficient (Wildman–Crippen LogP) is 3.61. The number of halogens is 2. The molecule has 0 N–H and O–H groups in total. The van der Waals surface area contributed by atoms with Crippen molar-refractivity contribution in [3.8, 4) is 0 Å². The average Bonchev–Trinajstić information content (AvgIpc) is 2.98. The zero-order chi connectivity index (χ0) is 17.4. The molecule has 8 nitrogen and oxygen atoms in total. The third-order valence-corrected chi connectivity index (χ3v) is 4.19. The molecule has 3 rings (SSSR count). The van der Waals surface area contributed by atoms with E-state index in [1.807, 2.05) is 0 Å². The second-order valence-corrected chi connectivity index (χ2v) is 6.51. The molecule has 3 aromatic rings. The van der Waals surface area contributed by atoms with E-state index in [9.17, 15) is 14.9 Å². The topological polar surface area (TPSA) is 104 Å². The lowest BCUT2D eigenvalue weighted by Crippen LogP contribution is -2.20. The standard InChI is InChI=1S/C14H8Br2N4O4/c1-7-18-13-10(4-8(15)5-11(13)16)14(21)19(7)17-6-9-2-3-12(24-9)20(22)23/h2-6H,1H3/b17-6+. The van der Waals surface area contributed by atoms with Crippen molar-refractivity contribution in [1.29, 1.82) is 0 Å². The van der Waals surface area contributed by atoms with E-state index in [2.05, 4.69) is 41.9 Å². The number of hydrogen-bond acceptors (Lipinski definition) is 6. The Labute approximate surface area is 151 Å². The van der Waals surface area contributed by atoms with E-state index in [1.165, 1.54) is 18.3 Å². The van der Waals surface area contributed by atoms with E-state index in [0.29, 0.717) is 21.2 Å². The first-order valence-electron chi connectivity index (χ1n) is 6.54. The zero-order valence-electron chi connectivity index (χ0n) is 12.1. The van der Waals surface area contributed by atoms with Crippen LogP contribution in [0.1, 0.15) is 11.6 Å². The van der Waals surface area contributed by atoms with Gasteiger partial charge in [-0.15, -0.1) is 0 Å². The number of nitro groups is 1. The van der Waals surface area contributed by atoms with E-state index in [-0.39, 0.29) is 11.3 Å². The van der Waals surface area contributed by atoms with Gasteiger partial charge >= 0.3 is 5.88 Å². The Kier molecular flexibility index (Phi) is 4.33. The first kappa shape index (κ1) is 16.5. The summed E-state index contributed by atoms with van der Waals surface area (Å²) in [5.74, 6) is 0.126. The van der Waals surface area contributed by atoms with Gasteiger partial charge in [0.1, 0.15) is 10.7 Å². The van der Waals surface area contributed by atoms with Gasteiger partial charge in [-0.2, -0.15) is 9.78 Å². The molecule has 0 unspecified atom stereocenters. The van der Waals surface area contributed by atoms with Gasteiger partial charge in [0.25, 0.3) is 5.56 Å². The minimum atomic E-state index is -0.651. The summed E-state index contributed by atoms with van der Waals surface area (Å²) in [6, 6.07) is 6.05. The van der Waals surface area contributed by atoms with Crippen LogP contribution >= 0.6 is 31.9 Å². The Morgan fingerprint density at radius 1 is 1.38 bits per heavy atom. The van der Waals surface area contributed by atoms with Gasteiger partial charge in [-0.1, -0.05) is 15.9 Å². The van der Waals surface area contributed by atoms with Crippen molar-refractivity contribution in [2.24, 2.45) is 5.10 Å². The molecule has 0 saturated heterocycles. The van der Waals surface area contributed by atoms with Crippen LogP contribution in [0.4, 0.5) is 5.88 Å². The highest BCUT2D eigenvalue weighted by Gasteiger charge is 2.13. The summed E-state index contributed by atoms with van der Waals surface area (Å²) in [7, 11) is 0. The first-order chi connectivity index (χ1) is 11.4. The molecule has 0 amide bonds. The fourth-order valence-electron chi connectivity index (χ4n) is 2.07. The van der Waals surface area contributed by atoms with Crippen LogP contribution in [0, 0.1) is 17.0 Å². The number of nitrogens with zero attached hydrogens (tertiary/aromatic N) is 4. The normalized spacial score (nSPS) is 11.5. The molecule has 0 aliphatic carbocycles. The molecule has 122 valence electrons. The largest absolute Gasteiger partial charge is 0.433 e. The quantitative estimate of drug-likeness (QED) is 0.341. The molecule has 1 aromatic carbocycles. The molecule has 0 radical (unpaired) electrons. The molecular weight excluding hydrogens is 448 g/mol. The van der Waals surface area contributed by atoms with Crippen molar-refractivity contribution in [3.05, 3.63) is 65.3 Å². The number of rotatable bonds is 3. The zero-order valence-corrected chi connectivity index (χ0v) is 15.2. The molecule has 2 heterocycles. The van der Waals surface area contributed by atoms with Crippen molar-refractivity contribution in [1.82, 2.24) is 9.66 Å². The van der Waals surface area contributed by atoms with E-state index < -0.39 is 10.8 Å². The van der Waals surface area contributed by atoms with E-state index in [4.69, 9.17) is 4.42 Å². The highest BCUT2D eigenvalue weighted by molar-refractivity contribution is 9.11. The minimum Gasteiger partial charge on any atom is -0.400 e. The highest BCUT2D eigenvalue weighted by Crippen LogP contribution is 2.25. The molecule has 2 aromatic heterocycles. The van der Waals surface area contributed by atoms with Crippen LogP contribution < -0.4 is 5.56 Å². The second kappa shape index (κ2) is 6.29. The van der Waals surface area contributed by atoms with E-state index in [0.717, 1.165) is 9.15 Å². The Morgan fingerprint density at radius 3 is 2.79 bits per heavy atom. The smallest absolute Gasteiger partial charge is 0.400 e. The Morgan fingerprint density at radius 2 is 2.12 bits per heavy atom. The summed E-state index contributed by atoms with van der Waals surface area (Å²) < 4.78 is 7.49. The number of hydrogen-bond donors (Lipinski definition) is 0. The highest BCUT2D eigenvalue weighted by atomic mass is 79.9. The van der Waals surface area contributed by atoms with E-state index >= 15 is 0 Å². The number of benzene rings is 1. The van der Waals surface area contributed by atoms with Crippen LogP contribution in [0.5, 0.6) is 0 Å². The van der Waals surface area contributed by atoms with Gasteiger partial charge in [-0.3, -0.25) is 14.9 Å². The predicted molar refractivity (Wildman–Crippen MR) is 94.5 cm³/mol. The van der Waals surface area contributed by atoms with Crippen LogP contribution in [0.3, 0.4) is 0 Å². The molecule has 0 aliphatic rings. The van der Waals surface area contributed by atoms with Gasteiger partial charge in [0.05, 0.1) is 23.2 Å². The van der Waals surface area contributed by atoms with Crippen molar-refractivity contribution >= 4 is 54.9 Å². The third-order valence-electron chi connectivity index (χ3n) is 3.12. The van der Waals surface area contributed by atoms with Gasteiger partial charge in [0.2, 0.25) is 0 Å². The Hall–Kier alpha value is -2.33. The SMILES string of the molecule is Cc1nc2c(Br)cc(Br)cc2c(=O)n1/N=C/c1ccc([N+](=O)[O-])o1. The molecule has 10 heteroatoms. The lowest BCUT2D eigenvalue weighted by molar-refractivity contribution is -0.402. The number of aryl methyl sites for hydroxylation is 1. The monoisotopic (exact) mass is 454 g/mol. The maximum atomic E-state index is 12.6. The molecule has 0 bridgehead atoms. The van der Waals surface area contributed by atoms with Crippen molar-refractivity contribution in [2.75, 3.05) is 0 Å². The molecule has 24 heavy (non-hydrogen) atoms. The molecular formula is C14H8Br2N4O4. The fraction of sp³-hybridized carbons (Fsp3) is 0.0714. The van der Waals surface area contributed by atoms with Gasteiger partial charge in [-0.05, 0) is 41.1 Å². The molecule has 0 fully saturated rings. The first-order valence-corrected chi connectivity index (χ1v) is 8.12. The minimum absolute atomic E-state index is 0.156. The van der Waals surface area contributed by atoms with E-state index in [1.54, 1.807) is 19.1 Å². The van der Waals surface area contributed by atoms with Crippen LogP contribution in [0.25, 0.3) is 10.9 Å². The van der Waals surface area contributed by atoms with Crippen LogP contribution in [0.2, 0.25) is 0 Å². The van der Waals surface area contributed by atoms with Crippen molar-refractivity contribution in [2.45, 2.75) is 6.92 Å². The second-order valence-electron chi connectivity index (χ2n) is 4.74.